The number of fused-ring (bicyclic) bond motifs is 3. The van der Waals surface area contributed by atoms with Crippen molar-refractivity contribution in [2.75, 3.05) is 49.1 Å². The third-order valence-electron chi connectivity index (χ3n) is 7.02. The van der Waals surface area contributed by atoms with Crippen LogP contribution in [0.2, 0.25) is 0 Å². The fourth-order valence-corrected chi connectivity index (χ4v) is 5.36. The number of hydrogen-bond acceptors (Lipinski definition) is 4. The van der Waals surface area contributed by atoms with Gasteiger partial charge in [0.1, 0.15) is 12.6 Å². The van der Waals surface area contributed by atoms with Crippen LogP contribution in [0.4, 0.5) is 11.4 Å². The summed E-state index contributed by atoms with van der Waals surface area (Å²) in [6.07, 6.45) is 7.05. The van der Waals surface area contributed by atoms with Gasteiger partial charge in [0.25, 0.3) is 5.91 Å². The lowest BCUT2D eigenvalue weighted by molar-refractivity contribution is -0.131. The van der Waals surface area contributed by atoms with E-state index in [1.807, 2.05) is 28.0 Å². The molecule has 1 aromatic rings. The Bertz CT molecular complexity index is 858. The first-order valence-electron chi connectivity index (χ1n) is 11.4. The highest BCUT2D eigenvalue weighted by atomic mass is 16.2. The highest BCUT2D eigenvalue weighted by Crippen LogP contribution is 2.40. The fourth-order valence-electron chi connectivity index (χ4n) is 5.36. The van der Waals surface area contributed by atoms with E-state index in [-0.39, 0.29) is 30.3 Å². The second-order valence-corrected chi connectivity index (χ2v) is 8.92. The lowest BCUT2D eigenvalue weighted by Crippen LogP contribution is -2.57. The molecule has 7 heteroatoms. The summed E-state index contributed by atoms with van der Waals surface area (Å²) in [5, 5.41) is 0. The van der Waals surface area contributed by atoms with Crippen LogP contribution in [0, 0.1) is 0 Å². The zero-order valence-corrected chi connectivity index (χ0v) is 17.5. The average Bonchev–Trinajstić information content (AvgIpc) is 3.50. The first-order valence-corrected chi connectivity index (χ1v) is 11.4. The van der Waals surface area contributed by atoms with E-state index in [4.69, 9.17) is 0 Å². The van der Waals surface area contributed by atoms with Crippen molar-refractivity contribution in [3.63, 3.8) is 0 Å². The number of hydrogen-bond donors (Lipinski definition) is 0. The van der Waals surface area contributed by atoms with Crippen LogP contribution in [0.3, 0.4) is 0 Å². The van der Waals surface area contributed by atoms with E-state index in [2.05, 4.69) is 4.90 Å². The number of likely N-dealkylation sites (tertiary alicyclic amines) is 2. The Morgan fingerprint density at radius 3 is 2.23 bits per heavy atom. The minimum absolute atomic E-state index is 0.000480. The quantitative estimate of drug-likeness (QED) is 0.767. The normalized spacial score (nSPS) is 23.6. The molecule has 0 spiro atoms. The zero-order valence-electron chi connectivity index (χ0n) is 17.5. The number of rotatable bonds is 3. The van der Waals surface area contributed by atoms with Crippen molar-refractivity contribution in [2.45, 2.75) is 51.0 Å². The van der Waals surface area contributed by atoms with Gasteiger partial charge in [-0.05, 0) is 63.1 Å². The van der Waals surface area contributed by atoms with Crippen LogP contribution in [0.15, 0.2) is 18.2 Å². The van der Waals surface area contributed by atoms with E-state index in [1.165, 1.54) is 0 Å². The molecule has 0 saturated carbocycles. The zero-order chi connectivity index (χ0) is 20.7. The maximum Gasteiger partial charge on any atom is 0.253 e. The lowest BCUT2D eigenvalue weighted by atomic mass is 9.95. The number of carbonyl (C=O) groups excluding carboxylic acids is 3. The summed E-state index contributed by atoms with van der Waals surface area (Å²) < 4.78 is 0. The van der Waals surface area contributed by atoms with Gasteiger partial charge in [-0.2, -0.15) is 0 Å². The number of amides is 3. The fraction of sp³-hybridized carbons (Fsp3) is 0.609. The third-order valence-corrected chi connectivity index (χ3v) is 7.02. The van der Waals surface area contributed by atoms with Gasteiger partial charge >= 0.3 is 0 Å². The number of anilines is 2. The van der Waals surface area contributed by atoms with Gasteiger partial charge in [0.05, 0.1) is 11.4 Å². The summed E-state index contributed by atoms with van der Waals surface area (Å²) in [5.41, 5.74) is 2.31. The molecule has 3 saturated heterocycles. The largest absolute Gasteiger partial charge is 0.358 e. The van der Waals surface area contributed by atoms with E-state index in [0.717, 1.165) is 89.0 Å². The van der Waals surface area contributed by atoms with Crippen molar-refractivity contribution in [3.8, 4) is 0 Å². The molecule has 0 radical (unpaired) electrons. The minimum Gasteiger partial charge on any atom is -0.358 e. The van der Waals surface area contributed by atoms with Crippen molar-refractivity contribution in [2.24, 2.45) is 0 Å². The molecule has 4 aliphatic heterocycles. The molecule has 1 atom stereocenters. The molecule has 160 valence electrons. The summed E-state index contributed by atoms with van der Waals surface area (Å²) in [6, 6.07) is 5.52. The SMILES string of the molecule is O=C(CN1C(=O)[C@@H]2CCCCN2c2ccc(C(=O)N3CCCC3)cc21)N1CCCC1. The molecule has 3 amide bonds. The van der Waals surface area contributed by atoms with E-state index in [1.54, 1.807) is 4.90 Å². The average molecular weight is 411 g/mol. The first kappa shape index (κ1) is 19.4. The van der Waals surface area contributed by atoms with Crippen LogP contribution in [-0.2, 0) is 9.59 Å². The van der Waals surface area contributed by atoms with Crippen LogP contribution in [0.25, 0.3) is 0 Å². The monoisotopic (exact) mass is 410 g/mol. The molecule has 7 nitrogen and oxygen atoms in total. The summed E-state index contributed by atoms with van der Waals surface area (Å²) in [4.78, 5) is 46.9. The Kier molecular flexibility index (Phi) is 5.13. The number of carbonyl (C=O) groups is 3. The van der Waals surface area contributed by atoms with Crippen molar-refractivity contribution < 1.29 is 14.4 Å². The van der Waals surface area contributed by atoms with Crippen molar-refractivity contribution in [3.05, 3.63) is 23.8 Å². The molecule has 0 unspecified atom stereocenters. The Labute approximate surface area is 177 Å². The molecule has 30 heavy (non-hydrogen) atoms. The van der Waals surface area contributed by atoms with Crippen LogP contribution in [0.5, 0.6) is 0 Å². The third kappa shape index (κ3) is 3.34. The lowest BCUT2D eigenvalue weighted by Gasteiger charge is -2.45. The molecule has 4 aliphatic rings. The predicted octanol–water partition coefficient (Wildman–Crippen LogP) is 2.25. The molecule has 0 aliphatic carbocycles. The molecule has 0 N–H and O–H groups in total. The molecule has 3 fully saturated rings. The summed E-state index contributed by atoms with van der Waals surface area (Å²) in [6.45, 7) is 4.04. The van der Waals surface area contributed by atoms with Crippen LogP contribution in [0.1, 0.15) is 55.3 Å². The maximum absolute atomic E-state index is 13.4. The predicted molar refractivity (Wildman–Crippen MR) is 115 cm³/mol. The Morgan fingerprint density at radius 1 is 0.833 bits per heavy atom. The molecular formula is C23H30N4O3. The van der Waals surface area contributed by atoms with Gasteiger partial charge in [0.2, 0.25) is 11.8 Å². The second-order valence-electron chi connectivity index (χ2n) is 8.92. The number of piperidine rings is 1. The molecular weight excluding hydrogens is 380 g/mol. The highest BCUT2D eigenvalue weighted by molar-refractivity contribution is 6.09. The maximum atomic E-state index is 13.4. The molecule has 5 rings (SSSR count). The minimum atomic E-state index is -0.197. The molecule has 0 bridgehead atoms. The second kappa shape index (κ2) is 7.93. The first-order chi connectivity index (χ1) is 14.6. The van der Waals surface area contributed by atoms with Gasteiger partial charge in [-0.3, -0.25) is 19.3 Å². The van der Waals surface area contributed by atoms with Crippen molar-refractivity contribution in [1.29, 1.82) is 0 Å². The summed E-state index contributed by atoms with van der Waals surface area (Å²) in [5.74, 6) is 0.0298. The van der Waals surface area contributed by atoms with Gasteiger partial charge in [-0.15, -0.1) is 0 Å². The number of benzene rings is 1. The van der Waals surface area contributed by atoms with E-state index >= 15 is 0 Å². The van der Waals surface area contributed by atoms with E-state index in [0.29, 0.717) is 5.56 Å². The Balaban J connectivity index is 1.49. The van der Waals surface area contributed by atoms with E-state index < -0.39 is 0 Å². The standard InChI is InChI=1S/C23H30N4O3/c28-21(24-10-3-4-11-24)16-27-20-15-17(22(29)25-12-5-6-13-25)8-9-18(20)26-14-2-1-7-19(26)23(27)30/h8-9,15,19H,1-7,10-14,16H2/t19-/m0/s1. The topological polar surface area (TPSA) is 64.2 Å². The molecule has 1 aromatic carbocycles. The van der Waals surface area contributed by atoms with E-state index in [9.17, 15) is 14.4 Å². The van der Waals surface area contributed by atoms with Gasteiger partial charge in [0, 0.05) is 38.3 Å². The van der Waals surface area contributed by atoms with Crippen LogP contribution >= 0.6 is 0 Å². The van der Waals surface area contributed by atoms with Crippen molar-refractivity contribution in [1.82, 2.24) is 9.80 Å². The molecule has 0 aromatic heterocycles. The summed E-state index contributed by atoms with van der Waals surface area (Å²) in [7, 11) is 0. The van der Waals surface area contributed by atoms with Crippen molar-refractivity contribution >= 4 is 29.1 Å². The number of nitrogens with zero attached hydrogens (tertiary/aromatic N) is 4. The molecule has 4 heterocycles. The summed E-state index contributed by atoms with van der Waals surface area (Å²) >= 11 is 0. The smallest absolute Gasteiger partial charge is 0.253 e. The van der Waals surface area contributed by atoms with Crippen LogP contribution in [-0.4, -0.2) is 72.8 Å². The highest BCUT2D eigenvalue weighted by Gasteiger charge is 2.41. The Morgan fingerprint density at radius 2 is 1.50 bits per heavy atom. The van der Waals surface area contributed by atoms with Crippen LogP contribution < -0.4 is 9.80 Å². The van der Waals surface area contributed by atoms with Gasteiger partial charge < -0.3 is 14.7 Å². The Hall–Kier alpha value is -2.57. The van der Waals surface area contributed by atoms with Gasteiger partial charge in [-0.1, -0.05) is 0 Å². The van der Waals surface area contributed by atoms with Gasteiger partial charge in [-0.25, -0.2) is 0 Å². The van der Waals surface area contributed by atoms with Gasteiger partial charge in [0.15, 0.2) is 0 Å².